The summed E-state index contributed by atoms with van der Waals surface area (Å²) in [5, 5.41) is 9.37. The maximum atomic E-state index is 10.8. The number of carbonyl (C=O) groups excluding carboxylic acids is 1. The molecule has 5 N–H and O–H groups in total. The molecule has 0 aliphatic heterocycles. The first kappa shape index (κ1) is 9.18. The van der Waals surface area contributed by atoms with E-state index in [1.165, 1.54) is 19.2 Å². The minimum Gasteiger partial charge on any atom is -0.503 e. The summed E-state index contributed by atoms with van der Waals surface area (Å²) in [5.41, 5.74) is 10.7. The van der Waals surface area contributed by atoms with Gasteiger partial charge in [-0.2, -0.15) is 0 Å². The third-order valence-corrected chi connectivity index (χ3v) is 1.63. The first-order valence-electron chi connectivity index (χ1n) is 3.53. The van der Waals surface area contributed by atoms with Crippen molar-refractivity contribution in [1.29, 1.82) is 0 Å². The Bertz CT molecular complexity index is 349. The van der Waals surface area contributed by atoms with Crippen molar-refractivity contribution in [3.63, 3.8) is 0 Å². The molecule has 0 atom stereocenters. The van der Waals surface area contributed by atoms with Crippen LogP contribution in [-0.2, 0) is 0 Å². The molecule has 0 bridgehead atoms. The summed E-state index contributed by atoms with van der Waals surface area (Å²) in [4.78, 5) is 10.8. The number of nitrogen functional groups attached to an aromatic ring is 1. The van der Waals surface area contributed by atoms with Gasteiger partial charge in [-0.15, -0.1) is 0 Å². The van der Waals surface area contributed by atoms with Gasteiger partial charge in [0.15, 0.2) is 11.5 Å². The van der Waals surface area contributed by atoms with Crippen molar-refractivity contribution < 1.29 is 14.6 Å². The molecule has 0 aliphatic carbocycles. The number of carbonyl (C=O) groups is 1. The van der Waals surface area contributed by atoms with E-state index in [0.29, 0.717) is 0 Å². The van der Waals surface area contributed by atoms with Crippen molar-refractivity contribution in [1.82, 2.24) is 0 Å². The van der Waals surface area contributed by atoms with Gasteiger partial charge >= 0.3 is 0 Å². The number of rotatable bonds is 2. The predicted molar refractivity (Wildman–Crippen MR) is 47.6 cm³/mol. The Kier molecular flexibility index (Phi) is 2.27. The van der Waals surface area contributed by atoms with Gasteiger partial charge in [-0.25, -0.2) is 0 Å². The van der Waals surface area contributed by atoms with Crippen molar-refractivity contribution in [2.45, 2.75) is 0 Å². The summed E-state index contributed by atoms with van der Waals surface area (Å²) in [6.07, 6.45) is 0. The molecule has 0 radical (unpaired) electrons. The zero-order valence-corrected chi connectivity index (χ0v) is 7.07. The SMILES string of the molecule is COc1c(C(N)=O)ccc(N)c1O. The summed E-state index contributed by atoms with van der Waals surface area (Å²) >= 11 is 0. The van der Waals surface area contributed by atoms with Gasteiger partial charge in [0.1, 0.15) is 0 Å². The van der Waals surface area contributed by atoms with Crippen LogP contribution in [0, 0.1) is 0 Å². The van der Waals surface area contributed by atoms with Crippen LogP contribution in [0.5, 0.6) is 11.5 Å². The van der Waals surface area contributed by atoms with Crippen LogP contribution in [0.2, 0.25) is 0 Å². The molecule has 0 fully saturated rings. The molecule has 1 aromatic carbocycles. The molecule has 0 saturated heterocycles. The Morgan fingerprint density at radius 3 is 2.62 bits per heavy atom. The summed E-state index contributed by atoms with van der Waals surface area (Å²) in [6.45, 7) is 0. The number of aromatic hydroxyl groups is 1. The Balaban J connectivity index is 3.38. The zero-order valence-electron chi connectivity index (χ0n) is 7.07. The smallest absolute Gasteiger partial charge is 0.252 e. The molecule has 1 aromatic rings. The van der Waals surface area contributed by atoms with Crippen molar-refractivity contribution in [2.75, 3.05) is 12.8 Å². The molecular weight excluding hydrogens is 172 g/mol. The highest BCUT2D eigenvalue weighted by atomic mass is 16.5. The number of phenolic OH excluding ortho intramolecular Hbond substituents is 1. The first-order valence-corrected chi connectivity index (χ1v) is 3.53. The van der Waals surface area contributed by atoms with E-state index in [4.69, 9.17) is 16.2 Å². The molecule has 0 saturated carbocycles. The van der Waals surface area contributed by atoms with E-state index >= 15 is 0 Å². The fourth-order valence-corrected chi connectivity index (χ4v) is 0.987. The molecule has 0 unspecified atom stereocenters. The lowest BCUT2D eigenvalue weighted by molar-refractivity contribution is 0.0996. The topological polar surface area (TPSA) is 98.6 Å². The molecule has 0 spiro atoms. The van der Waals surface area contributed by atoms with E-state index in [1.54, 1.807) is 0 Å². The second kappa shape index (κ2) is 3.22. The fourth-order valence-electron chi connectivity index (χ4n) is 0.987. The average molecular weight is 182 g/mol. The van der Waals surface area contributed by atoms with Crippen LogP contribution < -0.4 is 16.2 Å². The molecule has 5 heteroatoms. The van der Waals surface area contributed by atoms with E-state index in [2.05, 4.69) is 0 Å². The average Bonchev–Trinajstić information content (AvgIpc) is 2.09. The van der Waals surface area contributed by atoms with Gasteiger partial charge in [-0.05, 0) is 12.1 Å². The van der Waals surface area contributed by atoms with Crippen LogP contribution in [0.4, 0.5) is 5.69 Å². The molecule has 0 aromatic heterocycles. The van der Waals surface area contributed by atoms with Crippen LogP contribution in [0.3, 0.4) is 0 Å². The number of phenols is 1. The minimum atomic E-state index is -0.674. The number of nitrogens with two attached hydrogens (primary N) is 2. The second-order valence-corrected chi connectivity index (χ2v) is 2.45. The highest BCUT2D eigenvalue weighted by Crippen LogP contribution is 2.34. The number of amides is 1. The van der Waals surface area contributed by atoms with Gasteiger partial charge in [0.05, 0.1) is 18.4 Å². The summed E-state index contributed by atoms with van der Waals surface area (Å²) in [7, 11) is 1.32. The summed E-state index contributed by atoms with van der Waals surface area (Å²) in [5.74, 6) is -0.932. The van der Waals surface area contributed by atoms with E-state index in [1.807, 2.05) is 0 Å². The van der Waals surface area contributed by atoms with Crippen LogP contribution in [-0.4, -0.2) is 18.1 Å². The molecule has 70 valence electrons. The van der Waals surface area contributed by atoms with Crippen molar-refractivity contribution in [3.8, 4) is 11.5 Å². The van der Waals surface area contributed by atoms with Gasteiger partial charge in [-0.1, -0.05) is 0 Å². The number of primary amides is 1. The molecular formula is C8H10N2O3. The maximum absolute atomic E-state index is 10.8. The van der Waals surface area contributed by atoms with E-state index in [0.717, 1.165) is 0 Å². The molecule has 0 aliphatic rings. The first-order chi connectivity index (χ1) is 6.07. The lowest BCUT2D eigenvalue weighted by atomic mass is 10.1. The van der Waals surface area contributed by atoms with Gasteiger partial charge in [0, 0.05) is 0 Å². The van der Waals surface area contributed by atoms with E-state index in [-0.39, 0.29) is 22.7 Å². The number of anilines is 1. The Morgan fingerprint density at radius 1 is 1.54 bits per heavy atom. The minimum absolute atomic E-state index is 0.00694. The lowest BCUT2D eigenvalue weighted by Crippen LogP contribution is -2.12. The summed E-state index contributed by atoms with van der Waals surface area (Å²) in [6, 6.07) is 2.79. The van der Waals surface area contributed by atoms with Crippen LogP contribution in [0.15, 0.2) is 12.1 Å². The molecule has 13 heavy (non-hydrogen) atoms. The van der Waals surface area contributed by atoms with Crippen LogP contribution in [0.25, 0.3) is 0 Å². The highest BCUT2D eigenvalue weighted by Gasteiger charge is 2.14. The highest BCUT2D eigenvalue weighted by molar-refractivity contribution is 5.97. The largest absolute Gasteiger partial charge is 0.503 e. The third-order valence-electron chi connectivity index (χ3n) is 1.63. The Labute approximate surface area is 74.9 Å². The Hall–Kier alpha value is -1.91. The van der Waals surface area contributed by atoms with Crippen LogP contribution >= 0.6 is 0 Å². The number of methoxy groups -OCH3 is 1. The normalized spacial score (nSPS) is 9.62. The molecule has 1 rings (SSSR count). The standard InChI is InChI=1S/C8H10N2O3/c1-13-7-4(8(10)12)2-3-5(9)6(7)11/h2-3,11H,9H2,1H3,(H2,10,12). The number of ether oxygens (including phenoxy) is 1. The van der Waals surface area contributed by atoms with E-state index in [9.17, 15) is 9.90 Å². The molecule has 1 amide bonds. The lowest BCUT2D eigenvalue weighted by Gasteiger charge is -2.08. The second-order valence-electron chi connectivity index (χ2n) is 2.45. The predicted octanol–water partition coefficient (Wildman–Crippen LogP) is 0.0819. The van der Waals surface area contributed by atoms with Gasteiger partial charge < -0.3 is 21.3 Å². The van der Waals surface area contributed by atoms with Gasteiger partial charge in [-0.3, -0.25) is 4.79 Å². The third kappa shape index (κ3) is 1.48. The fraction of sp³-hybridized carbons (Fsp3) is 0.125. The monoisotopic (exact) mass is 182 g/mol. The maximum Gasteiger partial charge on any atom is 0.252 e. The Morgan fingerprint density at radius 2 is 2.15 bits per heavy atom. The number of hydrogen-bond acceptors (Lipinski definition) is 4. The summed E-state index contributed by atoms with van der Waals surface area (Å²) < 4.78 is 4.79. The molecule has 0 heterocycles. The van der Waals surface area contributed by atoms with E-state index < -0.39 is 5.91 Å². The van der Waals surface area contributed by atoms with Gasteiger partial charge in [0.2, 0.25) is 0 Å². The quantitative estimate of drug-likeness (QED) is 0.445. The zero-order chi connectivity index (χ0) is 10.0. The molecule has 5 nitrogen and oxygen atoms in total. The van der Waals surface area contributed by atoms with Gasteiger partial charge in [0.25, 0.3) is 5.91 Å². The van der Waals surface area contributed by atoms with Crippen molar-refractivity contribution in [3.05, 3.63) is 17.7 Å². The van der Waals surface area contributed by atoms with Crippen molar-refractivity contribution in [2.24, 2.45) is 5.73 Å². The number of benzene rings is 1. The van der Waals surface area contributed by atoms with Crippen LogP contribution in [0.1, 0.15) is 10.4 Å². The number of hydrogen-bond donors (Lipinski definition) is 3. The van der Waals surface area contributed by atoms with Crippen molar-refractivity contribution >= 4 is 11.6 Å².